The predicted octanol–water partition coefficient (Wildman–Crippen LogP) is 2.46. The van der Waals surface area contributed by atoms with Crippen LogP contribution in [0, 0.1) is 3.95 Å². The maximum Gasteiger partial charge on any atom is 0.238 e. The topological polar surface area (TPSA) is 48.1 Å². The molecule has 90 valence electrons. The molecule has 0 spiro atoms. The number of rotatable bonds is 3. The van der Waals surface area contributed by atoms with Crippen molar-refractivity contribution >= 4 is 45.4 Å². The third kappa shape index (κ3) is 3.12. The van der Waals surface area contributed by atoms with Gasteiger partial charge in [-0.2, -0.15) is 0 Å². The second kappa shape index (κ2) is 4.95. The van der Waals surface area contributed by atoms with Gasteiger partial charge in [0.15, 0.2) is 3.95 Å². The van der Waals surface area contributed by atoms with Crippen molar-refractivity contribution in [3.8, 4) is 0 Å². The van der Waals surface area contributed by atoms with Crippen molar-refractivity contribution in [1.29, 1.82) is 0 Å². The van der Waals surface area contributed by atoms with Crippen LogP contribution >= 0.6 is 23.6 Å². The molecule has 0 atom stereocenters. The van der Waals surface area contributed by atoms with Crippen molar-refractivity contribution in [2.24, 2.45) is 0 Å². The smallest absolute Gasteiger partial charge is 0.238 e. The maximum absolute atomic E-state index is 11.6. The minimum atomic E-state index is -0.0199. The van der Waals surface area contributed by atoms with E-state index in [0.29, 0.717) is 6.54 Å². The van der Waals surface area contributed by atoms with Crippen molar-refractivity contribution in [3.05, 3.63) is 22.2 Å². The second-order valence-electron chi connectivity index (χ2n) is 4.01. The first-order valence-corrected chi connectivity index (χ1v) is 6.34. The average Bonchev–Trinajstić information content (AvgIpc) is 2.55. The van der Waals surface area contributed by atoms with E-state index >= 15 is 0 Å². The Morgan fingerprint density at radius 2 is 2.29 bits per heavy atom. The zero-order valence-corrected chi connectivity index (χ0v) is 11.2. The van der Waals surface area contributed by atoms with Gasteiger partial charge in [-0.25, -0.2) is 0 Å². The fourth-order valence-electron chi connectivity index (χ4n) is 1.51. The molecule has 0 bridgehead atoms. The summed E-state index contributed by atoms with van der Waals surface area (Å²) in [5.41, 5.74) is 1.81. The van der Waals surface area contributed by atoms with Crippen LogP contribution in [0.1, 0.15) is 0 Å². The standard InChI is InChI=1S/C11H13N3OS2/c1-14(2)6-10(15)12-7-3-4-8-9(5-7)17-11(16)13-8/h3-5H,6H2,1-2H3,(H,12,15)(H,13,16). The number of benzene rings is 1. The van der Waals surface area contributed by atoms with Crippen LogP contribution in [-0.4, -0.2) is 36.4 Å². The van der Waals surface area contributed by atoms with E-state index in [0.717, 1.165) is 19.9 Å². The van der Waals surface area contributed by atoms with Gasteiger partial charge < -0.3 is 15.2 Å². The highest BCUT2D eigenvalue weighted by Crippen LogP contribution is 2.23. The van der Waals surface area contributed by atoms with Gasteiger partial charge in [-0.05, 0) is 44.5 Å². The number of H-pyrrole nitrogens is 1. The largest absolute Gasteiger partial charge is 0.337 e. The normalized spacial score (nSPS) is 11.0. The molecule has 0 aliphatic carbocycles. The van der Waals surface area contributed by atoms with E-state index in [1.807, 2.05) is 37.2 Å². The molecule has 0 aliphatic rings. The summed E-state index contributed by atoms with van der Waals surface area (Å²) < 4.78 is 1.80. The summed E-state index contributed by atoms with van der Waals surface area (Å²) in [6.45, 7) is 0.376. The van der Waals surface area contributed by atoms with Crippen molar-refractivity contribution in [3.63, 3.8) is 0 Å². The molecule has 1 aromatic heterocycles. The number of hydrogen-bond donors (Lipinski definition) is 2. The van der Waals surface area contributed by atoms with Crippen LogP contribution in [0.5, 0.6) is 0 Å². The summed E-state index contributed by atoms with van der Waals surface area (Å²) >= 11 is 6.57. The summed E-state index contributed by atoms with van der Waals surface area (Å²) in [4.78, 5) is 16.5. The maximum atomic E-state index is 11.6. The number of amides is 1. The predicted molar refractivity (Wildman–Crippen MR) is 74.2 cm³/mol. The van der Waals surface area contributed by atoms with Crippen LogP contribution < -0.4 is 5.32 Å². The van der Waals surface area contributed by atoms with Crippen molar-refractivity contribution in [1.82, 2.24) is 9.88 Å². The minimum Gasteiger partial charge on any atom is -0.337 e. The molecule has 2 N–H and O–H groups in total. The van der Waals surface area contributed by atoms with E-state index in [4.69, 9.17) is 12.2 Å². The summed E-state index contributed by atoms with van der Waals surface area (Å²) in [7, 11) is 3.72. The molecule has 17 heavy (non-hydrogen) atoms. The number of likely N-dealkylation sites (N-methyl/N-ethyl adjacent to an activating group) is 1. The number of thiazole rings is 1. The van der Waals surface area contributed by atoms with E-state index in [-0.39, 0.29) is 5.91 Å². The van der Waals surface area contributed by atoms with E-state index in [2.05, 4.69) is 10.3 Å². The summed E-state index contributed by atoms with van der Waals surface area (Å²) in [5.74, 6) is -0.0199. The number of nitrogens with one attached hydrogen (secondary N) is 2. The zero-order valence-electron chi connectivity index (χ0n) is 9.61. The zero-order chi connectivity index (χ0) is 12.4. The van der Waals surface area contributed by atoms with Gasteiger partial charge in [0.2, 0.25) is 5.91 Å². The van der Waals surface area contributed by atoms with Crippen LogP contribution in [0.4, 0.5) is 5.69 Å². The van der Waals surface area contributed by atoms with Crippen molar-refractivity contribution in [2.75, 3.05) is 26.0 Å². The Labute approximate surface area is 108 Å². The molecule has 0 fully saturated rings. The molecule has 0 unspecified atom stereocenters. The number of aromatic nitrogens is 1. The highest BCUT2D eigenvalue weighted by molar-refractivity contribution is 7.73. The molecule has 0 saturated carbocycles. The molecule has 0 radical (unpaired) electrons. The fraction of sp³-hybridized carbons (Fsp3) is 0.273. The lowest BCUT2D eigenvalue weighted by molar-refractivity contribution is -0.116. The molecule has 1 amide bonds. The van der Waals surface area contributed by atoms with Gasteiger partial charge in [-0.15, -0.1) is 11.3 Å². The third-order valence-electron chi connectivity index (χ3n) is 2.16. The van der Waals surface area contributed by atoms with E-state index in [1.165, 1.54) is 11.3 Å². The molecule has 0 saturated heterocycles. The number of aromatic amines is 1. The fourth-order valence-corrected chi connectivity index (χ4v) is 2.67. The lowest BCUT2D eigenvalue weighted by Crippen LogP contribution is -2.26. The van der Waals surface area contributed by atoms with Crippen molar-refractivity contribution < 1.29 is 4.79 Å². The molecule has 2 rings (SSSR count). The summed E-state index contributed by atoms with van der Waals surface area (Å²) in [5, 5.41) is 2.85. The van der Waals surface area contributed by atoms with Gasteiger partial charge in [-0.3, -0.25) is 4.79 Å². The first-order chi connectivity index (χ1) is 8.04. The number of anilines is 1. The Morgan fingerprint density at radius 1 is 1.53 bits per heavy atom. The SMILES string of the molecule is CN(C)CC(=O)Nc1ccc2[nH]c(=S)sc2c1. The lowest BCUT2D eigenvalue weighted by Gasteiger charge is -2.09. The van der Waals surface area contributed by atoms with Crippen LogP contribution in [0.15, 0.2) is 18.2 Å². The number of carbonyl (C=O) groups excluding carboxylic acids is 1. The monoisotopic (exact) mass is 267 g/mol. The number of carbonyl (C=O) groups is 1. The Kier molecular flexibility index (Phi) is 3.56. The first-order valence-electron chi connectivity index (χ1n) is 5.12. The van der Waals surface area contributed by atoms with Crippen molar-refractivity contribution in [2.45, 2.75) is 0 Å². The Morgan fingerprint density at radius 3 is 3.00 bits per heavy atom. The molecule has 6 heteroatoms. The van der Waals surface area contributed by atoms with Gasteiger partial charge in [0.25, 0.3) is 0 Å². The van der Waals surface area contributed by atoms with E-state index in [9.17, 15) is 4.79 Å². The molecule has 4 nitrogen and oxygen atoms in total. The van der Waals surface area contributed by atoms with Crippen LogP contribution in [0.25, 0.3) is 10.2 Å². The first kappa shape index (κ1) is 12.2. The van der Waals surface area contributed by atoms with Gasteiger partial charge >= 0.3 is 0 Å². The molecule has 2 aromatic rings. The van der Waals surface area contributed by atoms with E-state index < -0.39 is 0 Å². The van der Waals surface area contributed by atoms with Gasteiger partial charge in [-0.1, -0.05) is 0 Å². The highest BCUT2D eigenvalue weighted by Gasteiger charge is 2.05. The minimum absolute atomic E-state index is 0.0199. The number of nitrogens with zero attached hydrogens (tertiary/aromatic N) is 1. The number of fused-ring (bicyclic) bond motifs is 1. The van der Waals surface area contributed by atoms with Gasteiger partial charge in [0.05, 0.1) is 16.8 Å². The Hall–Kier alpha value is -1.24. The third-order valence-corrected chi connectivity index (χ3v) is 3.36. The summed E-state index contributed by atoms with van der Waals surface area (Å²) in [6.07, 6.45) is 0. The quantitative estimate of drug-likeness (QED) is 0.840. The van der Waals surface area contributed by atoms with Gasteiger partial charge in [0, 0.05) is 5.69 Å². The molecule has 0 aliphatic heterocycles. The summed E-state index contributed by atoms with van der Waals surface area (Å²) in [6, 6.07) is 5.72. The highest BCUT2D eigenvalue weighted by atomic mass is 32.1. The molecular formula is C11H13N3OS2. The molecule has 1 heterocycles. The molecule has 1 aromatic carbocycles. The van der Waals surface area contributed by atoms with Crippen LogP contribution in [0.3, 0.4) is 0 Å². The lowest BCUT2D eigenvalue weighted by atomic mass is 10.3. The van der Waals surface area contributed by atoms with Crippen LogP contribution in [-0.2, 0) is 4.79 Å². The van der Waals surface area contributed by atoms with E-state index in [1.54, 1.807) is 0 Å². The Balaban J connectivity index is 2.19. The Bertz CT molecular complexity index is 600. The average molecular weight is 267 g/mol. The second-order valence-corrected chi connectivity index (χ2v) is 5.73. The molecular weight excluding hydrogens is 254 g/mol. The number of hydrogen-bond acceptors (Lipinski definition) is 4. The van der Waals surface area contributed by atoms with Gasteiger partial charge in [0.1, 0.15) is 0 Å². The van der Waals surface area contributed by atoms with Crippen LogP contribution in [0.2, 0.25) is 0 Å².